The van der Waals surface area contributed by atoms with Gasteiger partial charge in [-0.2, -0.15) is 0 Å². The minimum Gasteiger partial charge on any atom is -0.497 e. The van der Waals surface area contributed by atoms with Crippen molar-refractivity contribution in [1.82, 2.24) is 0 Å². The van der Waals surface area contributed by atoms with E-state index in [4.69, 9.17) is 23.4 Å². The molecule has 6 nitrogen and oxygen atoms in total. The van der Waals surface area contributed by atoms with Crippen LogP contribution >= 0.6 is 0 Å². The summed E-state index contributed by atoms with van der Waals surface area (Å²) >= 11 is 0. The van der Waals surface area contributed by atoms with E-state index in [1.807, 2.05) is 12.1 Å². The normalized spacial score (nSPS) is 10.6. The van der Waals surface area contributed by atoms with Crippen molar-refractivity contribution in [2.75, 3.05) is 28.4 Å². The number of rotatable bonds is 5. The second-order valence-corrected chi connectivity index (χ2v) is 5.22. The highest BCUT2D eigenvalue weighted by Gasteiger charge is 2.20. The highest BCUT2D eigenvalue weighted by Crippen LogP contribution is 2.41. The highest BCUT2D eigenvalue weighted by atomic mass is 16.5. The molecule has 3 aromatic rings. The molecule has 3 rings (SSSR count). The molecule has 1 aromatic heterocycles. The Labute approximate surface area is 144 Å². The summed E-state index contributed by atoms with van der Waals surface area (Å²) in [4.78, 5) is 12.7. The van der Waals surface area contributed by atoms with E-state index in [0.717, 1.165) is 5.56 Å². The smallest absolute Gasteiger partial charge is 0.205 e. The van der Waals surface area contributed by atoms with Crippen LogP contribution < -0.4 is 24.4 Å². The molecule has 1 heterocycles. The average molecular weight is 342 g/mol. The van der Waals surface area contributed by atoms with Crippen LogP contribution in [0.4, 0.5) is 0 Å². The molecule has 0 aliphatic carbocycles. The Hall–Kier alpha value is -3.15. The van der Waals surface area contributed by atoms with Gasteiger partial charge in [-0.05, 0) is 24.3 Å². The molecule has 0 fully saturated rings. The zero-order valence-corrected chi connectivity index (χ0v) is 14.4. The molecule has 0 saturated heterocycles. The Balaban J connectivity index is 2.31. The number of hydrogen-bond donors (Lipinski definition) is 0. The van der Waals surface area contributed by atoms with Gasteiger partial charge >= 0.3 is 0 Å². The van der Waals surface area contributed by atoms with Crippen molar-refractivity contribution in [2.24, 2.45) is 0 Å². The van der Waals surface area contributed by atoms with Crippen LogP contribution in [0, 0.1) is 0 Å². The third kappa shape index (κ3) is 2.87. The Morgan fingerprint density at radius 2 is 1.48 bits per heavy atom. The molecule has 6 heteroatoms. The fraction of sp³-hybridized carbons (Fsp3) is 0.211. The van der Waals surface area contributed by atoms with E-state index in [9.17, 15) is 4.79 Å². The molecule has 25 heavy (non-hydrogen) atoms. The molecule has 0 radical (unpaired) electrons. The monoisotopic (exact) mass is 342 g/mol. The maximum Gasteiger partial charge on any atom is 0.205 e. The van der Waals surface area contributed by atoms with Crippen molar-refractivity contribution in [2.45, 2.75) is 0 Å². The first-order valence-corrected chi connectivity index (χ1v) is 7.54. The lowest BCUT2D eigenvalue weighted by Crippen LogP contribution is -2.05. The second kappa shape index (κ2) is 6.76. The van der Waals surface area contributed by atoms with Crippen LogP contribution in [0.1, 0.15) is 0 Å². The Morgan fingerprint density at radius 1 is 0.800 bits per heavy atom. The van der Waals surface area contributed by atoms with E-state index in [2.05, 4.69) is 0 Å². The first-order valence-electron chi connectivity index (χ1n) is 7.54. The molecule has 0 unspecified atom stereocenters. The number of fused-ring (bicyclic) bond motifs is 1. The van der Waals surface area contributed by atoms with Gasteiger partial charge in [0.25, 0.3) is 0 Å². The SMILES string of the molecule is COc1ccc(-c2cc(=O)c3c(OC)cc(OC)c(OC)c3o2)cc1. The van der Waals surface area contributed by atoms with Crippen molar-refractivity contribution >= 4 is 11.0 Å². The van der Waals surface area contributed by atoms with E-state index in [1.165, 1.54) is 27.4 Å². The Kier molecular flexibility index (Phi) is 4.52. The summed E-state index contributed by atoms with van der Waals surface area (Å²) in [5.74, 6) is 2.25. The van der Waals surface area contributed by atoms with Crippen molar-refractivity contribution < 1.29 is 23.4 Å². The Bertz CT molecular complexity index is 956. The first-order chi connectivity index (χ1) is 12.1. The van der Waals surface area contributed by atoms with E-state index in [-0.39, 0.29) is 11.0 Å². The number of methoxy groups -OCH3 is 4. The molecule has 0 bridgehead atoms. The summed E-state index contributed by atoms with van der Waals surface area (Å²) in [5, 5.41) is 0.303. The van der Waals surface area contributed by atoms with Gasteiger partial charge in [-0.25, -0.2) is 0 Å². The summed E-state index contributed by atoms with van der Waals surface area (Å²) in [6.07, 6.45) is 0. The van der Waals surface area contributed by atoms with E-state index < -0.39 is 0 Å². The highest BCUT2D eigenvalue weighted by molar-refractivity contribution is 5.92. The van der Waals surface area contributed by atoms with Gasteiger partial charge in [0, 0.05) is 17.7 Å². The van der Waals surface area contributed by atoms with Crippen molar-refractivity contribution in [3.05, 3.63) is 46.6 Å². The summed E-state index contributed by atoms with van der Waals surface area (Å²) in [5.41, 5.74) is 0.783. The van der Waals surface area contributed by atoms with Gasteiger partial charge in [0.05, 0.1) is 28.4 Å². The molecule has 0 aliphatic rings. The van der Waals surface area contributed by atoms with Gasteiger partial charge in [0.1, 0.15) is 22.6 Å². The lowest BCUT2D eigenvalue weighted by molar-refractivity contribution is 0.348. The van der Waals surface area contributed by atoms with Gasteiger partial charge in [-0.3, -0.25) is 4.79 Å². The van der Waals surface area contributed by atoms with Crippen LogP contribution in [0.2, 0.25) is 0 Å². The van der Waals surface area contributed by atoms with Crippen LogP contribution in [-0.2, 0) is 0 Å². The second-order valence-electron chi connectivity index (χ2n) is 5.22. The molecule has 0 aliphatic heterocycles. The topological polar surface area (TPSA) is 67.1 Å². The molecule has 2 aromatic carbocycles. The number of ether oxygens (including phenoxy) is 4. The van der Waals surface area contributed by atoms with Crippen molar-refractivity contribution in [1.29, 1.82) is 0 Å². The molecule has 0 amide bonds. The lowest BCUT2D eigenvalue weighted by Gasteiger charge is -2.13. The number of benzene rings is 2. The van der Waals surface area contributed by atoms with Gasteiger partial charge in [0.15, 0.2) is 16.8 Å². The minimum atomic E-state index is -0.232. The van der Waals surface area contributed by atoms with E-state index >= 15 is 0 Å². The molecule has 0 saturated carbocycles. The van der Waals surface area contributed by atoms with Crippen LogP contribution in [0.3, 0.4) is 0 Å². The third-order valence-electron chi connectivity index (χ3n) is 3.90. The number of hydrogen-bond acceptors (Lipinski definition) is 6. The van der Waals surface area contributed by atoms with Crippen molar-refractivity contribution in [3.63, 3.8) is 0 Å². The van der Waals surface area contributed by atoms with Crippen LogP contribution in [0.5, 0.6) is 23.0 Å². The van der Waals surface area contributed by atoms with Crippen LogP contribution in [0.25, 0.3) is 22.3 Å². The summed E-state index contributed by atoms with van der Waals surface area (Å²) in [6.45, 7) is 0. The van der Waals surface area contributed by atoms with Gasteiger partial charge in [0.2, 0.25) is 5.75 Å². The Morgan fingerprint density at radius 3 is 2.04 bits per heavy atom. The fourth-order valence-electron chi connectivity index (χ4n) is 2.66. The third-order valence-corrected chi connectivity index (χ3v) is 3.90. The van der Waals surface area contributed by atoms with Gasteiger partial charge < -0.3 is 23.4 Å². The van der Waals surface area contributed by atoms with E-state index in [1.54, 1.807) is 25.3 Å². The van der Waals surface area contributed by atoms with Crippen LogP contribution in [0.15, 0.2) is 45.6 Å². The molecule has 0 spiro atoms. The largest absolute Gasteiger partial charge is 0.497 e. The van der Waals surface area contributed by atoms with Crippen LogP contribution in [-0.4, -0.2) is 28.4 Å². The maximum atomic E-state index is 12.7. The zero-order valence-electron chi connectivity index (χ0n) is 14.4. The van der Waals surface area contributed by atoms with E-state index in [0.29, 0.717) is 34.1 Å². The first kappa shape index (κ1) is 16.7. The summed E-state index contributed by atoms with van der Waals surface area (Å²) in [6, 6.07) is 10.2. The predicted octanol–water partition coefficient (Wildman–Crippen LogP) is 3.49. The summed E-state index contributed by atoms with van der Waals surface area (Å²) in [7, 11) is 6.07. The zero-order chi connectivity index (χ0) is 18.0. The van der Waals surface area contributed by atoms with Gasteiger partial charge in [-0.1, -0.05) is 0 Å². The average Bonchev–Trinajstić information content (AvgIpc) is 2.66. The minimum absolute atomic E-state index is 0.232. The molecule has 130 valence electrons. The molecular weight excluding hydrogens is 324 g/mol. The van der Waals surface area contributed by atoms with Gasteiger partial charge in [-0.15, -0.1) is 0 Å². The van der Waals surface area contributed by atoms with Crippen molar-refractivity contribution in [3.8, 4) is 34.3 Å². The molecule has 0 N–H and O–H groups in total. The lowest BCUT2D eigenvalue weighted by atomic mass is 10.1. The molecule has 0 atom stereocenters. The summed E-state index contributed by atoms with van der Waals surface area (Å²) < 4.78 is 27.2. The molecular formula is C19H18O6. The fourth-order valence-corrected chi connectivity index (χ4v) is 2.66. The standard InChI is InChI=1S/C19H18O6/c1-21-12-7-5-11(6-8-12)14-9-13(20)17-15(22-2)10-16(23-3)18(24-4)19(17)25-14/h5-10H,1-4H3. The maximum absolute atomic E-state index is 12.7. The quantitative estimate of drug-likeness (QED) is 0.707. The predicted molar refractivity (Wildman–Crippen MR) is 94.1 cm³/mol.